The van der Waals surface area contributed by atoms with Crippen LogP contribution < -0.4 is 10.6 Å². The number of unbranched alkanes of at least 4 members (excludes halogenated alkanes) is 5. The first kappa shape index (κ1) is 18.8. The second-order valence-corrected chi connectivity index (χ2v) is 5.56. The number of nitrogens with one attached hydrogen (secondary N) is 2. The molecule has 2 unspecified atom stereocenters. The van der Waals surface area contributed by atoms with Gasteiger partial charge >= 0.3 is 11.9 Å². The molecule has 0 aromatic carbocycles. The fraction of sp³-hybridized carbons (Fsp3) is 0.867. The van der Waals surface area contributed by atoms with Crippen molar-refractivity contribution >= 4 is 11.9 Å². The molecule has 2 N–H and O–H groups in total. The van der Waals surface area contributed by atoms with Crippen molar-refractivity contribution < 1.29 is 23.5 Å². The van der Waals surface area contributed by atoms with Crippen molar-refractivity contribution in [2.24, 2.45) is 0 Å². The number of hydrogen-bond donors (Lipinski definition) is 2. The zero-order chi connectivity index (χ0) is 16.4. The van der Waals surface area contributed by atoms with Gasteiger partial charge in [0.2, 0.25) is 6.23 Å². The van der Waals surface area contributed by atoms with Crippen LogP contribution >= 0.6 is 0 Å². The highest BCUT2D eigenvalue weighted by Gasteiger charge is 2.52. The van der Waals surface area contributed by atoms with Crippen molar-refractivity contribution in [3.05, 3.63) is 0 Å². The molecular formula is C15H27FN2O4. The van der Waals surface area contributed by atoms with Crippen LogP contribution in [-0.4, -0.2) is 43.7 Å². The quantitative estimate of drug-likeness (QED) is 0.497. The molecule has 0 aliphatic carbocycles. The SMILES string of the molecule is CCCCCCCCOC(=O)C1(F)CNCNC1OC(C)=O. The third-order valence-electron chi connectivity index (χ3n) is 3.56. The second-order valence-electron chi connectivity index (χ2n) is 5.56. The fourth-order valence-electron chi connectivity index (χ4n) is 2.31. The zero-order valence-corrected chi connectivity index (χ0v) is 13.5. The zero-order valence-electron chi connectivity index (χ0n) is 13.5. The van der Waals surface area contributed by atoms with Gasteiger partial charge in [-0.1, -0.05) is 39.0 Å². The van der Waals surface area contributed by atoms with Crippen LogP contribution in [0.3, 0.4) is 0 Å². The number of alkyl halides is 1. The summed E-state index contributed by atoms with van der Waals surface area (Å²) in [5, 5.41) is 5.32. The molecule has 0 amide bonds. The van der Waals surface area contributed by atoms with Crippen LogP contribution in [0.25, 0.3) is 0 Å². The summed E-state index contributed by atoms with van der Waals surface area (Å²) in [6.07, 6.45) is 4.99. The summed E-state index contributed by atoms with van der Waals surface area (Å²) in [7, 11) is 0. The Morgan fingerprint density at radius 3 is 2.59 bits per heavy atom. The van der Waals surface area contributed by atoms with Gasteiger partial charge < -0.3 is 14.8 Å². The lowest BCUT2D eigenvalue weighted by Gasteiger charge is -2.35. The number of halogens is 1. The molecule has 6 nitrogen and oxygen atoms in total. The Hall–Kier alpha value is -1.21. The van der Waals surface area contributed by atoms with E-state index in [1.807, 2.05) is 0 Å². The molecule has 1 rings (SSSR count). The normalized spacial score (nSPS) is 24.8. The maximum atomic E-state index is 14.8. The largest absolute Gasteiger partial charge is 0.463 e. The summed E-state index contributed by atoms with van der Waals surface area (Å²) < 4.78 is 24.6. The van der Waals surface area contributed by atoms with Crippen molar-refractivity contribution in [2.75, 3.05) is 19.8 Å². The summed E-state index contributed by atoms with van der Waals surface area (Å²) >= 11 is 0. The second kappa shape index (κ2) is 9.74. The maximum absolute atomic E-state index is 14.8. The van der Waals surface area contributed by atoms with E-state index in [-0.39, 0.29) is 19.8 Å². The van der Waals surface area contributed by atoms with Gasteiger partial charge in [-0.2, -0.15) is 0 Å². The molecule has 1 heterocycles. The van der Waals surface area contributed by atoms with E-state index in [2.05, 4.69) is 17.6 Å². The van der Waals surface area contributed by atoms with Gasteiger partial charge in [0.1, 0.15) is 0 Å². The van der Waals surface area contributed by atoms with E-state index in [0.717, 1.165) is 12.8 Å². The van der Waals surface area contributed by atoms with Crippen LogP contribution in [0, 0.1) is 0 Å². The Labute approximate surface area is 131 Å². The fourth-order valence-corrected chi connectivity index (χ4v) is 2.31. The highest BCUT2D eigenvalue weighted by atomic mass is 19.1. The monoisotopic (exact) mass is 318 g/mol. The lowest BCUT2D eigenvalue weighted by atomic mass is 10.0. The van der Waals surface area contributed by atoms with Crippen molar-refractivity contribution in [3.8, 4) is 0 Å². The third-order valence-corrected chi connectivity index (χ3v) is 3.56. The minimum Gasteiger partial charge on any atom is -0.463 e. The molecule has 1 fully saturated rings. The standard InChI is InChI=1S/C15H27FN2O4/c1-3-4-5-6-7-8-9-21-14(20)15(16)10-17-11-18-13(15)22-12(2)19/h13,17-18H,3-11H2,1-2H3. The van der Waals surface area contributed by atoms with Crippen LogP contribution in [-0.2, 0) is 19.1 Å². The molecule has 0 aromatic heterocycles. The van der Waals surface area contributed by atoms with Gasteiger partial charge in [0.25, 0.3) is 5.67 Å². The highest BCUT2D eigenvalue weighted by Crippen LogP contribution is 2.22. The molecule has 0 aromatic rings. The van der Waals surface area contributed by atoms with Crippen molar-refractivity contribution in [1.82, 2.24) is 10.6 Å². The van der Waals surface area contributed by atoms with Crippen molar-refractivity contribution in [1.29, 1.82) is 0 Å². The average molecular weight is 318 g/mol. The van der Waals surface area contributed by atoms with Crippen LogP contribution in [0.4, 0.5) is 4.39 Å². The Bertz CT molecular complexity index is 367. The molecule has 22 heavy (non-hydrogen) atoms. The molecular weight excluding hydrogens is 291 g/mol. The van der Waals surface area contributed by atoms with E-state index in [4.69, 9.17) is 9.47 Å². The lowest BCUT2D eigenvalue weighted by molar-refractivity contribution is -0.181. The molecule has 7 heteroatoms. The van der Waals surface area contributed by atoms with E-state index in [0.29, 0.717) is 6.42 Å². The molecule has 1 aliphatic rings. The molecule has 0 saturated carbocycles. The molecule has 128 valence electrons. The molecule has 2 atom stereocenters. The van der Waals surface area contributed by atoms with E-state index >= 15 is 0 Å². The van der Waals surface area contributed by atoms with Gasteiger partial charge in [0.05, 0.1) is 6.61 Å². The third kappa shape index (κ3) is 5.88. The number of rotatable bonds is 9. The Morgan fingerprint density at radius 1 is 1.23 bits per heavy atom. The van der Waals surface area contributed by atoms with Gasteiger partial charge in [-0.25, -0.2) is 9.18 Å². The molecule has 1 saturated heterocycles. The molecule has 0 bridgehead atoms. The summed E-state index contributed by atoms with van der Waals surface area (Å²) in [4.78, 5) is 23.0. The number of carbonyl (C=O) groups is 2. The Kier molecular flexibility index (Phi) is 8.34. The minimum atomic E-state index is -2.40. The van der Waals surface area contributed by atoms with Crippen LogP contribution in [0.5, 0.6) is 0 Å². The Balaban J connectivity index is 2.35. The molecule has 0 radical (unpaired) electrons. The number of hydrogen-bond acceptors (Lipinski definition) is 6. The highest BCUT2D eigenvalue weighted by molar-refractivity contribution is 5.81. The smallest absolute Gasteiger partial charge is 0.350 e. The van der Waals surface area contributed by atoms with Crippen LogP contribution in [0.15, 0.2) is 0 Å². The van der Waals surface area contributed by atoms with Gasteiger partial charge in [-0.05, 0) is 6.42 Å². The predicted molar refractivity (Wildman–Crippen MR) is 79.7 cm³/mol. The minimum absolute atomic E-state index is 0.184. The van der Waals surface area contributed by atoms with E-state index in [9.17, 15) is 14.0 Å². The van der Waals surface area contributed by atoms with E-state index in [1.165, 1.54) is 26.2 Å². The van der Waals surface area contributed by atoms with Gasteiger partial charge in [-0.3, -0.25) is 10.1 Å². The summed E-state index contributed by atoms with van der Waals surface area (Å²) in [6, 6.07) is 0. The summed E-state index contributed by atoms with van der Waals surface area (Å²) in [6.45, 7) is 3.52. The number of carbonyl (C=O) groups excluding carboxylic acids is 2. The number of ether oxygens (including phenoxy) is 2. The predicted octanol–water partition coefficient (Wildman–Crippen LogP) is 1.64. The maximum Gasteiger partial charge on any atom is 0.350 e. The first-order valence-electron chi connectivity index (χ1n) is 7.98. The topological polar surface area (TPSA) is 76.7 Å². The van der Waals surface area contributed by atoms with Crippen molar-refractivity contribution in [3.63, 3.8) is 0 Å². The van der Waals surface area contributed by atoms with Crippen LogP contribution in [0.2, 0.25) is 0 Å². The van der Waals surface area contributed by atoms with Gasteiger partial charge in [-0.15, -0.1) is 0 Å². The average Bonchev–Trinajstić information content (AvgIpc) is 2.48. The summed E-state index contributed by atoms with van der Waals surface area (Å²) in [5.74, 6) is -1.64. The van der Waals surface area contributed by atoms with Gasteiger partial charge in [0.15, 0.2) is 0 Å². The Morgan fingerprint density at radius 2 is 1.91 bits per heavy atom. The van der Waals surface area contributed by atoms with Gasteiger partial charge in [0, 0.05) is 20.1 Å². The summed E-state index contributed by atoms with van der Waals surface area (Å²) in [5.41, 5.74) is -2.40. The van der Waals surface area contributed by atoms with E-state index < -0.39 is 23.8 Å². The van der Waals surface area contributed by atoms with Crippen LogP contribution in [0.1, 0.15) is 52.4 Å². The van der Waals surface area contributed by atoms with E-state index in [1.54, 1.807) is 0 Å². The molecule has 1 aliphatic heterocycles. The first-order chi connectivity index (χ1) is 10.5. The van der Waals surface area contributed by atoms with Crippen molar-refractivity contribution in [2.45, 2.75) is 64.3 Å². The first-order valence-corrected chi connectivity index (χ1v) is 7.98. The lowest BCUT2D eigenvalue weighted by Crippen LogP contribution is -2.66. The molecule has 0 spiro atoms. The number of esters is 2.